The number of fused-ring (bicyclic) bond motifs is 2. The SMILES string of the molecule is COc1ccc2c(c1)CC/C(=C\c1c(C)nc3sc(C)cn13)C2=O. The van der Waals surface area contributed by atoms with E-state index in [1.807, 2.05) is 31.2 Å². The summed E-state index contributed by atoms with van der Waals surface area (Å²) in [4.78, 5) is 19.6. The third-order valence-electron chi connectivity index (χ3n) is 4.49. The molecule has 0 amide bonds. The van der Waals surface area contributed by atoms with Gasteiger partial charge in [-0.3, -0.25) is 9.20 Å². The van der Waals surface area contributed by atoms with Gasteiger partial charge in [0, 0.05) is 22.2 Å². The van der Waals surface area contributed by atoms with E-state index in [4.69, 9.17) is 4.74 Å². The first kappa shape index (κ1) is 15.1. The van der Waals surface area contributed by atoms with Crippen LogP contribution in [0.5, 0.6) is 5.75 Å². The molecule has 0 saturated carbocycles. The lowest BCUT2D eigenvalue weighted by atomic mass is 9.86. The second kappa shape index (κ2) is 5.60. The molecular formula is C19H18N2O2S. The number of Topliss-reactive ketones (excluding diaryl/α,β-unsaturated/α-hetero) is 1. The van der Waals surface area contributed by atoms with E-state index in [0.717, 1.165) is 51.6 Å². The maximum atomic E-state index is 12.9. The minimum atomic E-state index is 0.111. The van der Waals surface area contributed by atoms with Crippen LogP contribution >= 0.6 is 11.3 Å². The highest BCUT2D eigenvalue weighted by molar-refractivity contribution is 7.17. The number of thiazole rings is 1. The van der Waals surface area contributed by atoms with Crippen molar-refractivity contribution in [3.8, 4) is 5.75 Å². The van der Waals surface area contributed by atoms with Gasteiger partial charge in [0.25, 0.3) is 0 Å². The number of aryl methyl sites for hydroxylation is 3. The number of hydrogen-bond donors (Lipinski definition) is 0. The number of aromatic nitrogens is 2. The maximum Gasteiger partial charge on any atom is 0.194 e. The van der Waals surface area contributed by atoms with Crippen LogP contribution in [0, 0.1) is 13.8 Å². The molecule has 2 aromatic heterocycles. The number of carbonyl (C=O) groups is 1. The summed E-state index contributed by atoms with van der Waals surface area (Å²) in [5, 5.41) is 0. The molecule has 24 heavy (non-hydrogen) atoms. The van der Waals surface area contributed by atoms with Gasteiger partial charge >= 0.3 is 0 Å². The molecule has 1 aliphatic rings. The smallest absolute Gasteiger partial charge is 0.194 e. The van der Waals surface area contributed by atoms with Gasteiger partial charge in [0.05, 0.1) is 18.5 Å². The van der Waals surface area contributed by atoms with E-state index in [1.165, 1.54) is 4.88 Å². The number of imidazole rings is 1. The first-order chi connectivity index (χ1) is 11.6. The fraction of sp³-hybridized carbons (Fsp3) is 0.263. The number of benzene rings is 1. The number of methoxy groups -OCH3 is 1. The van der Waals surface area contributed by atoms with Crippen LogP contribution < -0.4 is 4.74 Å². The van der Waals surface area contributed by atoms with E-state index in [2.05, 4.69) is 22.5 Å². The first-order valence-electron chi connectivity index (χ1n) is 7.94. The molecule has 0 spiro atoms. The maximum absolute atomic E-state index is 12.9. The molecule has 1 aromatic carbocycles. The summed E-state index contributed by atoms with van der Waals surface area (Å²) in [7, 11) is 1.65. The van der Waals surface area contributed by atoms with Gasteiger partial charge < -0.3 is 4.74 Å². The molecule has 0 saturated heterocycles. The van der Waals surface area contributed by atoms with E-state index < -0.39 is 0 Å². The fourth-order valence-electron chi connectivity index (χ4n) is 3.24. The predicted molar refractivity (Wildman–Crippen MR) is 96.2 cm³/mol. The molecular weight excluding hydrogens is 320 g/mol. The molecule has 122 valence electrons. The minimum absolute atomic E-state index is 0.111. The van der Waals surface area contributed by atoms with Gasteiger partial charge in [0.15, 0.2) is 10.7 Å². The quantitative estimate of drug-likeness (QED) is 0.657. The fourth-order valence-corrected chi connectivity index (χ4v) is 4.12. The molecule has 0 fully saturated rings. The van der Waals surface area contributed by atoms with Gasteiger partial charge in [0.1, 0.15) is 5.75 Å². The normalized spacial score (nSPS) is 16.0. The van der Waals surface area contributed by atoms with Gasteiger partial charge in [-0.25, -0.2) is 4.98 Å². The minimum Gasteiger partial charge on any atom is -0.497 e. The third kappa shape index (κ3) is 2.36. The number of nitrogens with zero attached hydrogens (tertiary/aromatic N) is 2. The summed E-state index contributed by atoms with van der Waals surface area (Å²) in [6.07, 6.45) is 5.69. The van der Waals surface area contributed by atoms with Crippen molar-refractivity contribution in [1.82, 2.24) is 9.38 Å². The van der Waals surface area contributed by atoms with Gasteiger partial charge in [-0.15, -0.1) is 11.3 Å². The Morgan fingerprint density at radius 3 is 2.92 bits per heavy atom. The van der Waals surface area contributed by atoms with Crippen LogP contribution in [0.1, 0.15) is 38.6 Å². The van der Waals surface area contributed by atoms with Crippen LogP contribution in [0.25, 0.3) is 11.0 Å². The van der Waals surface area contributed by atoms with Gasteiger partial charge in [-0.1, -0.05) is 0 Å². The summed E-state index contributed by atoms with van der Waals surface area (Å²) >= 11 is 1.67. The molecule has 3 aromatic rings. The van der Waals surface area contributed by atoms with Crippen molar-refractivity contribution < 1.29 is 9.53 Å². The zero-order chi connectivity index (χ0) is 16.8. The largest absolute Gasteiger partial charge is 0.497 e. The zero-order valence-electron chi connectivity index (χ0n) is 13.9. The number of carbonyl (C=O) groups excluding carboxylic acids is 1. The Balaban J connectivity index is 1.77. The van der Waals surface area contributed by atoms with Crippen molar-refractivity contribution in [3.05, 3.63) is 57.4 Å². The highest BCUT2D eigenvalue weighted by Crippen LogP contribution is 2.30. The predicted octanol–water partition coefficient (Wildman–Crippen LogP) is 4.23. The van der Waals surface area contributed by atoms with Gasteiger partial charge in [0.2, 0.25) is 0 Å². The third-order valence-corrected chi connectivity index (χ3v) is 5.38. The van der Waals surface area contributed by atoms with E-state index in [0.29, 0.717) is 0 Å². The average Bonchev–Trinajstić information content (AvgIpc) is 3.06. The van der Waals surface area contributed by atoms with Crippen LogP contribution in [-0.2, 0) is 6.42 Å². The summed E-state index contributed by atoms with van der Waals surface area (Å²) in [6.45, 7) is 4.06. The number of ether oxygens (including phenoxy) is 1. The Hall–Kier alpha value is -2.40. The molecule has 1 aliphatic carbocycles. The van der Waals surface area contributed by atoms with Crippen molar-refractivity contribution >= 4 is 28.2 Å². The van der Waals surface area contributed by atoms with Crippen LogP contribution in [-0.4, -0.2) is 22.3 Å². The second-order valence-corrected chi connectivity index (χ2v) is 7.31. The van der Waals surface area contributed by atoms with Crippen LogP contribution in [0.4, 0.5) is 0 Å². The molecule has 4 nitrogen and oxygen atoms in total. The molecule has 0 radical (unpaired) electrons. The Bertz CT molecular complexity index is 994. The molecule has 0 N–H and O–H groups in total. The van der Waals surface area contributed by atoms with Crippen molar-refractivity contribution in [1.29, 1.82) is 0 Å². The van der Waals surface area contributed by atoms with Crippen molar-refractivity contribution in [2.24, 2.45) is 0 Å². The lowest BCUT2D eigenvalue weighted by Crippen LogP contribution is -2.14. The highest BCUT2D eigenvalue weighted by atomic mass is 32.1. The van der Waals surface area contributed by atoms with Gasteiger partial charge in [-0.2, -0.15) is 0 Å². The topological polar surface area (TPSA) is 43.6 Å². The molecule has 0 atom stereocenters. The van der Waals surface area contributed by atoms with E-state index in [9.17, 15) is 4.79 Å². The van der Waals surface area contributed by atoms with Crippen LogP contribution in [0.15, 0.2) is 30.0 Å². The molecule has 0 aliphatic heterocycles. The number of allylic oxidation sites excluding steroid dienone is 1. The van der Waals surface area contributed by atoms with Crippen LogP contribution in [0.3, 0.4) is 0 Å². The summed E-state index contributed by atoms with van der Waals surface area (Å²) in [5.74, 6) is 0.913. The van der Waals surface area contributed by atoms with Crippen molar-refractivity contribution in [2.75, 3.05) is 7.11 Å². The summed E-state index contributed by atoms with van der Waals surface area (Å²) < 4.78 is 7.34. The molecule has 4 rings (SSSR count). The molecule has 0 unspecified atom stereocenters. The summed E-state index contributed by atoms with van der Waals surface area (Å²) in [6, 6.07) is 5.69. The van der Waals surface area contributed by atoms with Gasteiger partial charge in [-0.05, 0) is 56.5 Å². The lowest BCUT2D eigenvalue weighted by molar-refractivity contribution is 0.102. The lowest BCUT2D eigenvalue weighted by Gasteiger charge is -2.18. The average molecular weight is 338 g/mol. The standard InChI is InChI=1S/C19H18N2O2S/c1-11-10-21-17(12(2)20-19(21)24-11)9-14-5-4-13-8-15(23-3)6-7-16(13)18(14)22/h6-10H,4-5H2,1-3H3/b14-9+. The van der Waals surface area contributed by atoms with Crippen LogP contribution in [0.2, 0.25) is 0 Å². The molecule has 2 heterocycles. The van der Waals surface area contributed by atoms with E-state index in [1.54, 1.807) is 18.4 Å². The Morgan fingerprint density at radius 1 is 1.29 bits per heavy atom. The second-order valence-electron chi connectivity index (χ2n) is 6.10. The van der Waals surface area contributed by atoms with Crippen molar-refractivity contribution in [3.63, 3.8) is 0 Å². The van der Waals surface area contributed by atoms with E-state index in [-0.39, 0.29) is 5.78 Å². The zero-order valence-corrected chi connectivity index (χ0v) is 14.7. The Morgan fingerprint density at radius 2 is 2.12 bits per heavy atom. The van der Waals surface area contributed by atoms with E-state index >= 15 is 0 Å². The van der Waals surface area contributed by atoms with Crippen molar-refractivity contribution in [2.45, 2.75) is 26.7 Å². The number of hydrogen-bond acceptors (Lipinski definition) is 4. The Kier molecular flexibility index (Phi) is 3.53. The molecule has 0 bridgehead atoms. The summed E-state index contributed by atoms with van der Waals surface area (Å²) in [5.41, 5.74) is 4.67. The number of ketones is 1. The first-order valence-corrected chi connectivity index (χ1v) is 8.76. The Labute approximate surface area is 144 Å². The monoisotopic (exact) mass is 338 g/mol. The number of rotatable bonds is 2. The highest BCUT2D eigenvalue weighted by Gasteiger charge is 2.23. The molecule has 5 heteroatoms.